The molecule has 0 aromatic heterocycles. The maximum atomic E-state index is 12.6. The van der Waals surface area contributed by atoms with Crippen LogP contribution in [0.3, 0.4) is 0 Å². The second-order valence-corrected chi connectivity index (χ2v) is 8.36. The van der Waals surface area contributed by atoms with Crippen LogP contribution in [0.25, 0.3) is 0 Å². The lowest BCUT2D eigenvalue weighted by molar-refractivity contribution is 0.0939. The van der Waals surface area contributed by atoms with Crippen LogP contribution < -0.4 is 10.0 Å². The van der Waals surface area contributed by atoms with Crippen molar-refractivity contribution in [3.8, 4) is 0 Å². The summed E-state index contributed by atoms with van der Waals surface area (Å²) in [4.78, 5) is 12.6. The van der Waals surface area contributed by atoms with Crippen molar-refractivity contribution < 1.29 is 13.2 Å². The number of amides is 1. The molecule has 3 aromatic carbocycles. The van der Waals surface area contributed by atoms with E-state index in [1.54, 1.807) is 36.4 Å². The molecular weight excluding hydrogens is 396 g/mol. The smallest absolute Gasteiger partial charge is 0.261 e. The van der Waals surface area contributed by atoms with Gasteiger partial charge in [-0.15, -0.1) is 0 Å². The van der Waals surface area contributed by atoms with Crippen molar-refractivity contribution >= 4 is 33.2 Å². The molecule has 0 spiro atoms. The zero-order valence-electron chi connectivity index (χ0n) is 15.1. The number of anilines is 1. The lowest BCUT2D eigenvalue weighted by atomic mass is 10.1. The minimum Gasteiger partial charge on any atom is -0.346 e. The van der Waals surface area contributed by atoms with Crippen molar-refractivity contribution in [3.63, 3.8) is 0 Å². The van der Waals surface area contributed by atoms with E-state index in [0.29, 0.717) is 10.7 Å². The van der Waals surface area contributed by atoms with Crippen molar-refractivity contribution in [3.05, 3.63) is 95.0 Å². The summed E-state index contributed by atoms with van der Waals surface area (Å²) >= 11 is 5.82. The largest absolute Gasteiger partial charge is 0.346 e. The van der Waals surface area contributed by atoms with Crippen LogP contribution in [0, 0.1) is 0 Å². The summed E-state index contributed by atoms with van der Waals surface area (Å²) in [6.45, 7) is 1.87. The summed E-state index contributed by atoms with van der Waals surface area (Å²) in [6, 6.07) is 21.6. The van der Waals surface area contributed by atoms with E-state index in [1.165, 1.54) is 12.1 Å². The Labute approximate surface area is 169 Å². The summed E-state index contributed by atoms with van der Waals surface area (Å²) in [6.07, 6.45) is 0. The number of rotatable bonds is 6. The van der Waals surface area contributed by atoms with E-state index in [-0.39, 0.29) is 22.4 Å². The molecule has 2 N–H and O–H groups in total. The molecule has 3 rings (SSSR count). The molecule has 0 saturated heterocycles. The first kappa shape index (κ1) is 19.9. The van der Waals surface area contributed by atoms with Gasteiger partial charge in [-0.05, 0) is 55.0 Å². The Morgan fingerprint density at radius 3 is 2.29 bits per heavy atom. The van der Waals surface area contributed by atoms with Gasteiger partial charge in [-0.25, -0.2) is 8.42 Å². The Hall–Kier alpha value is -2.83. The molecule has 28 heavy (non-hydrogen) atoms. The number of halogens is 1. The zero-order chi connectivity index (χ0) is 20.1. The Balaban J connectivity index is 1.77. The normalized spacial score (nSPS) is 12.2. The lowest BCUT2D eigenvalue weighted by Gasteiger charge is -2.15. The first-order chi connectivity index (χ1) is 13.3. The molecule has 0 bridgehead atoms. The van der Waals surface area contributed by atoms with E-state index in [9.17, 15) is 13.2 Å². The second-order valence-electron chi connectivity index (χ2n) is 6.25. The molecule has 1 atom stereocenters. The van der Waals surface area contributed by atoms with Crippen molar-refractivity contribution in [1.82, 2.24) is 5.32 Å². The summed E-state index contributed by atoms with van der Waals surface area (Å²) in [7, 11) is -3.84. The number of carbonyl (C=O) groups is 1. The second kappa shape index (κ2) is 8.46. The Bertz CT molecular complexity index is 1070. The van der Waals surface area contributed by atoms with Gasteiger partial charge in [0.15, 0.2) is 0 Å². The summed E-state index contributed by atoms with van der Waals surface area (Å²) in [5.41, 5.74) is 1.61. The first-order valence-electron chi connectivity index (χ1n) is 8.59. The third kappa shape index (κ3) is 4.91. The Morgan fingerprint density at radius 1 is 0.929 bits per heavy atom. The Morgan fingerprint density at radius 2 is 1.61 bits per heavy atom. The number of benzene rings is 3. The van der Waals surface area contributed by atoms with Gasteiger partial charge >= 0.3 is 0 Å². The SMILES string of the molecule is C[C@@H](NC(=O)c1cccc(S(=O)(=O)Nc2ccc(Cl)cc2)c1)c1ccccc1. The predicted molar refractivity (Wildman–Crippen MR) is 111 cm³/mol. The third-order valence-corrected chi connectivity index (χ3v) is 5.78. The van der Waals surface area contributed by atoms with Gasteiger partial charge < -0.3 is 5.32 Å². The van der Waals surface area contributed by atoms with Gasteiger partial charge in [0, 0.05) is 16.3 Å². The van der Waals surface area contributed by atoms with Gasteiger partial charge in [-0.2, -0.15) is 0 Å². The highest BCUT2D eigenvalue weighted by atomic mass is 35.5. The quantitative estimate of drug-likeness (QED) is 0.617. The highest BCUT2D eigenvalue weighted by Gasteiger charge is 2.17. The molecular formula is C21H19ClN2O3S. The molecule has 0 unspecified atom stereocenters. The first-order valence-corrected chi connectivity index (χ1v) is 10.5. The van der Waals surface area contributed by atoms with E-state index in [4.69, 9.17) is 11.6 Å². The predicted octanol–water partition coefficient (Wildman–Crippen LogP) is 4.63. The number of carbonyl (C=O) groups excluding carboxylic acids is 1. The van der Waals surface area contributed by atoms with E-state index in [1.807, 2.05) is 37.3 Å². The third-order valence-electron chi connectivity index (χ3n) is 4.15. The van der Waals surface area contributed by atoms with Gasteiger partial charge in [-0.1, -0.05) is 48.0 Å². The highest BCUT2D eigenvalue weighted by Crippen LogP contribution is 2.20. The van der Waals surface area contributed by atoms with E-state index < -0.39 is 10.0 Å². The molecule has 0 fully saturated rings. The molecule has 7 heteroatoms. The molecule has 144 valence electrons. The molecule has 3 aromatic rings. The molecule has 0 heterocycles. The van der Waals surface area contributed by atoms with E-state index in [0.717, 1.165) is 5.56 Å². The fraction of sp³-hybridized carbons (Fsp3) is 0.0952. The molecule has 0 aliphatic carbocycles. The van der Waals surface area contributed by atoms with Crippen LogP contribution >= 0.6 is 11.6 Å². The van der Waals surface area contributed by atoms with Gasteiger partial charge in [-0.3, -0.25) is 9.52 Å². The van der Waals surface area contributed by atoms with Crippen molar-refractivity contribution in [1.29, 1.82) is 0 Å². The Kier molecular flexibility index (Phi) is 6.02. The highest BCUT2D eigenvalue weighted by molar-refractivity contribution is 7.92. The number of nitrogens with one attached hydrogen (secondary N) is 2. The standard InChI is InChI=1S/C21H19ClN2O3S/c1-15(16-6-3-2-4-7-16)23-21(25)17-8-5-9-20(14-17)28(26,27)24-19-12-10-18(22)11-13-19/h2-15,24H,1H3,(H,23,25)/t15-/m1/s1. The van der Waals surface area contributed by atoms with E-state index in [2.05, 4.69) is 10.0 Å². The minimum absolute atomic E-state index is 0.00228. The summed E-state index contributed by atoms with van der Waals surface area (Å²) in [5, 5.41) is 3.39. The summed E-state index contributed by atoms with van der Waals surface area (Å²) in [5.74, 6) is -0.347. The monoisotopic (exact) mass is 414 g/mol. The minimum atomic E-state index is -3.84. The maximum absolute atomic E-state index is 12.6. The molecule has 5 nitrogen and oxygen atoms in total. The molecule has 0 aliphatic rings. The fourth-order valence-corrected chi connectivity index (χ4v) is 3.87. The topological polar surface area (TPSA) is 75.3 Å². The zero-order valence-corrected chi connectivity index (χ0v) is 16.7. The van der Waals surface area contributed by atoms with Crippen LogP contribution in [0.1, 0.15) is 28.9 Å². The lowest BCUT2D eigenvalue weighted by Crippen LogP contribution is -2.26. The summed E-state index contributed by atoms with van der Waals surface area (Å²) < 4.78 is 27.7. The van der Waals surface area contributed by atoms with Crippen molar-refractivity contribution in [2.24, 2.45) is 0 Å². The fourth-order valence-electron chi connectivity index (χ4n) is 2.64. The van der Waals surface area contributed by atoms with Crippen molar-refractivity contribution in [2.45, 2.75) is 17.9 Å². The van der Waals surface area contributed by atoms with Crippen LogP contribution in [0.5, 0.6) is 0 Å². The number of hydrogen-bond acceptors (Lipinski definition) is 3. The van der Waals surface area contributed by atoms with Crippen LogP contribution in [-0.2, 0) is 10.0 Å². The van der Waals surface area contributed by atoms with Gasteiger partial charge in [0.05, 0.1) is 10.9 Å². The average molecular weight is 415 g/mol. The molecule has 0 saturated carbocycles. The van der Waals surface area contributed by atoms with Crippen molar-refractivity contribution in [2.75, 3.05) is 4.72 Å². The van der Waals surface area contributed by atoms with Gasteiger partial charge in [0.2, 0.25) is 0 Å². The van der Waals surface area contributed by atoms with Crippen LogP contribution in [0.4, 0.5) is 5.69 Å². The van der Waals surface area contributed by atoms with E-state index >= 15 is 0 Å². The molecule has 1 amide bonds. The van der Waals surface area contributed by atoms with Crippen LogP contribution in [-0.4, -0.2) is 14.3 Å². The van der Waals surface area contributed by atoms with Gasteiger partial charge in [0.1, 0.15) is 0 Å². The maximum Gasteiger partial charge on any atom is 0.261 e. The van der Waals surface area contributed by atoms with Crippen LogP contribution in [0.2, 0.25) is 5.02 Å². The van der Waals surface area contributed by atoms with Gasteiger partial charge in [0.25, 0.3) is 15.9 Å². The van der Waals surface area contributed by atoms with Crippen LogP contribution in [0.15, 0.2) is 83.8 Å². The number of hydrogen-bond donors (Lipinski definition) is 2. The molecule has 0 radical (unpaired) electrons. The average Bonchev–Trinajstić information content (AvgIpc) is 2.70. The number of sulfonamides is 1. The molecule has 0 aliphatic heterocycles.